The zero-order chi connectivity index (χ0) is 32.7. The first-order valence-electron chi connectivity index (χ1n) is 14.7. The molecule has 0 atom stereocenters. The SMILES string of the molecule is CC(C)(c1csc(-c2c(Cl)cccc2Cl)n1)c1nnc(Cn2c(=O)c3c(ncn3Cc3ccccc3)n(Cc3ccccc3)c2=O)o1. The Kier molecular flexibility index (Phi) is 8.13. The van der Waals surface area contributed by atoms with Gasteiger partial charge < -0.3 is 8.98 Å². The van der Waals surface area contributed by atoms with Crippen LogP contribution in [0.15, 0.2) is 105 Å². The van der Waals surface area contributed by atoms with Crippen LogP contribution in [0.5, 0.6) is 0 Å². The number of halogens is 2. The van der Waals surface area contributed by atoms with Gasteiger partial charge in [0.25, 0.3) is 5.56 Å². The summed E-state index contributed by atoms with van der Waals surface area (Å²) >= 11 is 14.3. The Balaban J connectivity index is 1.26. The lowest BCUT2D eigenvalue weighted by Gasteiger charge is -2.17. The van der Waals surface area contributed by atoms with Crippen LogP contribution >= 0.6 is 34.5 Å². The first kappa shape index (κ1) is 30.8. The fourth-order valence-electron chi connectivity index (χ4n) is 5.38. The average molecular weight is 685 g/mol. The van der Waals surface area contributed by atoms with Gasteiger partial charge in [-0.05, 0) is 37.1 Å². The van der Waals surface area contributed by atoms with E-state index in [9.17, 15) is 9.59 Å². The highest BCUT2D eigenvalue weighted by Crippen LogP contribution is 2.39. The number of thiazole rings is 1. The van der Waals surface area contributed by atoms with Gasteiger partial charge >= 0.3 is 5.69 Å². The third kappa shape index (κ3) is 5.82. The zero-order valence-corrected chi connectivity index (χ0v) is 27.6. The van der Waals surface area contributed by atoms with E-state index in [0.717, 1.165) is 15.7 Å². The van der Waals surface area contributed by atoms with Crippen LogP contribution in [0, 0.1) is 0 Å². The molecule has 0 aliphatic heterocycles. The minimum absolute atomic E-state index is 0.108. The molecule has 10 nitrogen and oxygen atoms in total. The molecule has 0 unspecified atom stereocenters. The molecule has 0 fully saturated rings. The van der Waals surface area contributed by atoms with Crippen LogP contribution in [-0.4, -0.2) is 33.9 Å². The molecule has 236 valence electrons. The number of benzene rings is 3. The number of aromatic nitrogens is 7. The number of hydrogen-bond donors (Lipinski definition) is 0. The van der Waals surface area contributed by atoms with E-state index in [1.54, 1.807) is 29.1 Å². The summed E-state index contributed by atoms with van der Waals surface area (Å²) in [5.41, 5.74) is 1.99. The normalized spacial score (nSPS) is 11.8. The van der Waals surface area contributed by atoms with Crippen molar-refractivity contribution in [3.05, 3.63) is 150 Å². The fourth-order valence-corrected chi connectivity index (χ4v) is 7.13. The standard InChI is InChI=1S/C34H27Cl2N7O3S/c1-34(2,25-19-47-30(38-25)27-23(35)14-9-15-24(27)36)32-40-39-26(46-32)18-43-31(44)28-29(37-20-41(28)16-21-10-5-3-6-11-21)42(33(43)45)17-22-12-7-4-8-13-22/h3-15,19-20H,16-18H2,1-2H3. The topological polar surface area (TPSA) is 114 Å². The lowest BCUT2D eigenvalue weighted by molar-refractivity contribution is 0.375. The van der Waals surface area contributed by atoms with Crippen LogP contribution in [0.25, 0.3) is 21.7 Å². The van der Waals surface area contributed by atoms with E-state index in [2.05, 4.69) is 15.2 Å². The van der Waals surface area contributed by atoms with Crippen molar-refractivity contribution >= 4 is 45.7 Å². The van der Waals surface area contributed by atoms with Crippen molar-refractivity contribution in [1.82, 2.24) is 33.9 Å². The highest BCUT2D eigenvalue weighted by atomic mass is 35.5. The third-order valence-electron chi connectivity index (χ3n) is 7.98. The Morgan fingerprint density at radius 1 is 0.809 bits per heavy atom. The molecule has 4 heterocycles. The molecule has 47 heavy (non-hydrogen) atoms. The van der Waals surface area contributed by atoms with E-state index in [0.29, 0.717) is 44.0 Å². The number of fused-ring (bicyclic) bond motifs is 1. The smallest absolute Gasteiger partial charge is 0.333 e. The number of nitrogens with zero attached hydrogens (tertiary/aromatic N) is 7. The molecule has 13 heteroatoms. The molecule has 0 bridgehead atoms. The predicted octanol–water partition coefficient (Wildman–Crippen LogP) is 6.64. The molecule has 0 aliphatic rings. The molecule has 7 rings (SSSR count). The summed E-state index contributed by atoms with van der Waals surface area (Å²) in [7, 11) is 0. The summed E-state index contributed by atoms with van der Waals surface area (Å²) in [5.74, 6) is 0.388. The van der Waals surface area contributed by atoms with E-state index in [4.69, 9.17) is 32.6 Å². The second kappa shape index (κ2) is 12.4. The molecule has 0 spiro atoms. The maximum Gasteiger partial charge on any atom is 0.333 e. The Bertz CT molecular complexity index is 2320. The molecule has 0 saturated carbocycles. The number of imidazole rings is 1. The van der Waals surface area contributed by atoms with Crippen LogP contribution in [-0.2, 0) is 25.0 Å². The van der Waals surface area contributed by atoms with Gasteiger partial charge in [0.2, 0.25) is 11.8 Å². The number of hydrogen-bond acceptors (Lipinski definition) is 8. The van der Waals surface area contributed by atoms with Gasteiger partial charge in [0, 0.05) is 17.5 Å². The van der Waals surface area contributed by atoms with E-state index in [1.165, 1.54) is 15.9 Å². The van der Waals surface area contributed by atoms with E-state index >= 15 is 0 Å². The molecular formula is C34H27Cl2N7O3S. The van der Waals surface area contributed by atoms with Gasteiger partial charge in [0.15, 0.2) is 11.2 Å². The van der Waals surface area contributed by atoms with Crippen molar-refractivity contribution in [2.75, 3.05) is 0 Å². The fraction of sp³-hybridized carbons (Fsp3) is 0.176. The molecule has 0 N–H and O–H groups in total. The molecule has 0 saturated heterocycles. The molecule has 7 aromatic rings. The van der Waals surface area contributed by atoms with Crippen molar-refractivity contribution < 1.29 is 4.42 Å². The highest BCUT2D eigenvalue weighted by molar-refractivity contribution is 7.13. The van der Waals surface area contributed by atoms with Crippen molar-refractivity contribution in [3.8, 4) is 10.6 Å². The van der Waals surface area contributed by atoms with Gasteiger partial charge in [0.05, 0.1) is 34.0 Å². The summed E-state index contributed by atoms with van der Waals surface area (Å²) in [6, 6.07) is 24.6. The highest BCUT2D eigenvalue weighted by Gasteiger charge is 2.33. The van der Waals surface area contributed by atoms with Crippen molar-refractivity contribution in [2.45, 2.75) is 38.9 Å². The third-order valence-corrected chi connectivity index (χ3v) is 9.47. The summed E-state index contributed by atoms with van der Waals surface area (Å²) < 4.78 is 10.5. The first-order valence-corrected chi connectivity index (χ1v) is 16.3. The zero-order valence-electron chi connectivity index (χ0n) is 25.3. The van der Waals surface area contributed by atoms with Crippen LogP contribution in [0.3, 0.4) is 0 Å². The number of rotatable bonds is 9. The van der Waals surface area contributed by atoms with Gasteiger partial charge in [0.1, 0.15) is 11.6 Å². The van der Waals surface area contributed by atoms with Gasteiger partial charge in [-0.25, -0.2) is 19.3 Å². The van der Waals surface area contributed by atoms with Crippen molar-refractivity contribution in [1.29, 1.82) is 0 Å². The lowest BCUT2D eigenvalue weighted by atomic mass is 9.90. The molecule has 0 radical (unpaired) electrons. The van der Waals surface area contributed by atoms with E-state index < -0.39 is 16.7 Å². The maximum atomic E-state index is 14.0. The van der Waals surface area contributed by atoms with Crippen molar-refractivity contribution in [3.63, 3.8) is 0 Å². The molecule has 0 amide bonds. The van der Waals surface area contributed by atoms with Gasteiger partial charge in [-0.3, -0.25) is 9.36 Å². The van der Waals surface area contributed by atoms with Crippen molar-refractivity contribution in [2.24, 2.45) is 0 Å². The Morgan fingerprint density at radius 2 is 1.47 bits per heavy atom. The molecule has 0 aliphatic carbocycles. The van der Waals surface area contributed by atoms with E-state index in [1.807, 2.05) is 79.9 Å². The quantitative estimate of drug-likeness (QED) is 0.168. The Labute approximate surface area is 282 Å². The van der Waals surface area contributed by atoms with Gasteiger partial charge in [-0.1, -0.05) is 89.9 Å². The van der Waals surface area contributed by atoms with E-state index in [-0.39, 0.29) is 24.9 Å². The van der Waals surface area contributed by atoms with Crippen LogP contribution in [0.2, 0.25) is 10.0 Å². The summed E-state index contributed by atoms with van der Waals surface area (Å²) in [6.07, 6.45) is 1.59. The Morgan fingerprint density at radius 3 is 2.15 bits per heavy atom. The van der Waals surface area contributed by atoms with Gasteiger partial charge in [-0.15, -0.1) is 21.5 Å². The van der Waals surface area contributed by atoms with Crippen LogP contribution in [0.1, 0.15) is 42.4 Å². The van der Waals surface area contributed by atoms with Crippen LogP contribution in [0.4, 0.5) is 0 Å². The average Bonchev–Trinajstić information content (AvgIpc) is 3.84. The summed E-state index contributed by atoms with van der Waals surface area (Å²) in [5, 5.41) is 12.1. The second-order valence-electron chi connectivity index (χ2n) is 11.5. The lowest BCUT2D eigenvalue weighted by Crippen LogP contribution is -2.41. The summed E-state index contributed by atoms with van der Waals surface area (Å²) in [4.78, 5) is 37.3. The molecule has 4 aromatic heterocycles. The second-order valence-corrected chi connectivity index (χ2v) is 13.2. The molecular weight excluding hydrogens is 657 g/mol. The minimum Gasteiger partial charge on any atom is -0.422 e. The minimum atomic E-state index is -0.801. The Hall–Kier alpha value is -4.84. The molecule has 3 aromatic carbocycles. The largest absolute Gasteiger partial charge is 0.422 e. The predicted molar refractivity (Wildman–Crippen MR) is 182 cm³/mol. The van der Waals surface area contributed by atoms with Gasteiger partial charge in [-0.2, -0.15) is 0 Å². The maximum absolute atomic E-state index is 14.0. The first-order chi connectivity index (χ1) is 22.7. The monoisotopic (exact) mass is 683 g/mol. The van der Waals surface area contributed by atoms with Crippen LogP contribution < -0.4 is 11.2 Å². The summed E-state index contributed by atoms with van der Waals surface area (Å²) in [6.45, 7) is 4.22.